The summed E-state index contributed by atoms with van der Waals surface area (Å²) in [5.74, 6) is 0.973. The first-order valence-electron chi connectivity index (χ1n) is 9.66. The van der Waals surface area contributed by atoms with E-state index in [9.17, 15) is 9.90 Å². The molecule has 2 aromatic rings. The standard InChI is InChI=1S/C20H25N5O4/c1-12-16(19(27)24-7-5-4-6-8-24)17(25-20(23-12)21-11-22-25)13-9-14(28-2)18(26)15(10-13)29-3/h9-11,17,26H,4-8H2,1-3H3,(H,21,22,23). The highest BCUT2D eigenvalue weighted by atomic mass is 16.5. The van der Waals surface area contributed by atoms with Crippen molar-refractivity contribution in [1.29, 1.82) is 0 Å². The van der Waals surface area contributed by atoms with Crippen LogP contribution in [0, 0.1) is 0 Å². The molecule has 1 aromatic heterocycles. The van der Waals surface area contributed by atoms with Crippen LogP contribution in [0.3, 0.4) is 0 Å². The zero-order valence-corrected chi connectivity index (χ0v) is 16.8. The van der Waals surface area contributed by atoms with Gasteiger partial charge in [0.05, 0.1) is 19.8 Å². The summed E-state index contributed by atoms with van der Waals surface area (Å²) in [6.45, 7) is 3.36. The Morgan fingerprint density at radius 1 is 1.17 bits per heavy atom. The number of phenols is 1. The number of methoxy groups -OCH3 is 2. The molecule has 154 valence electrons. The molecule has 9 nitrogen and oxygen atoms in total. The summed E-state index contributed by atoms with van der Waals surface area (Å²) in [5.41, 5.74) is 2.04. The van der Waals surface area contributed by atoms with Crippen LogP contribution in [0.25, 0.3) is 0 Å². The Morgan fingerprint density at radius 3 is 2.45 bits per heavy atom. The van der Waals surface area contributed by atoms with Crippen LogP contribution in [0.5, 0.6) is 17.2 Å². The van der Waals surface area contributed by atoms with E-state index in [0.717, 1.165) is 38.0 Å². The van der Waals surface area contributed by atoms with Gasteiger partial charge in [-0.1, -0.05) is 0 Å². The Labute approximate surface area is 168 Å². The van der Waals surface area contributed by atoms with Gasteiger partial charge in [0.25, 0.3) is 5.91 Å². The maximum atomic E-state index is 13.5. The number of nitrogens with zero attached hydrogens (tertiary/aromatic N) is 4. The Balaban J connectivity index is 1.85. The van der Waals surface area contributed by atoms with Gasteiger partial charge in [-0.2, -0.15) is 10.1 Å². The molecule has 3 heterocycles. The average Bonchev–Trinajstić information content (AvgIpc) is 3.21. The number of anilines is 1. The zero-order valence-electron chi connectivity index (χ0n) is 16.8. The number of ether oxygens (including phenoxy) is 2. The van der Waals surface area contributed by atoms with Crippen molar-refractivity contribution >= 4 is 11.9 Å². The third-order valence-electron chi connectivity index (χ3n) is 5.49. The van der Waals surface area contributed by atoms with Crippen molar-refractivity contribution in [3.8, 4) is 17.2 Å². The molecule has 2 aliphatic rings. The van der Waals surface area contributed by atoms with Crippen molar-refractivity contribution in [3.63, 3.8) is 0 Å². The number of hydrogen-bond acceptors (Lipinski definition) is 7. The minimum atomic E-state index is -0.522. The lowest BCUT2D eigenvalue weighted by Gasteiger charge is -2.34. The Kier molecular flexibility index (Phi) is 5.04. The number of piperidine rings is 1. The van der Waals surface area contributed by atoms with Crippen LogP contribution in [0.15, 0.2) is 29.7 Å². The van der Waals surface area contributed by atoms with Crippen LogP contribution in [-0.2, 0) is 4.79 Å². The molecule has 9 heteroatoms. The van der Waals surface area contributed by atoms with E-state index in [1.807, 2.05) is 11.8 Å². The number of amides is 1. The van der Waals surface area contributed by atoms with Gasteiger partial charge in [-0.25, -0.2) is 4.68 Å². The first-order valence-corrected chi connectivity index (χ1v) is 9.66. The fourth-order valence-electron chi connectivity index (χ4n) is 4.02. The second-order valence-electron chi connectivity index (χ2n) is 7.22. The SMILES string of the molecule is COc1cc(C2C(C(=O)N3CCCCC3)=C(C)Nc3ncnn32)cc(OC)c1O. The number of fused-ring (bicyclic) bond motifs is 1. The highest BCUT2D eigenvalue weighted by molar-refractivity contribution is 5.97. The second-order valence-corrected chi connectivity index (χ2v) is 7.22. The van der Waals surface area contributed by atoms with Gasteiger partial charge in [-0.05, 0) is 43.9 Å². The van der Waals surface area contributed by atoms with E-state index in [-0.39, 0.29) is 23.2 Å². The van der Waals surface area contributed by atoms with Crippen molar-refractivity contribution < 1.29 is 19.4 Å². The van der Waals surface area contributed by atoms with E-state index in [0.29, 0.717) is 17.1 Å². The van der Waals surface area contributed by atoms with Gasteiger partial charge in [0.1, 0.15) is 12.4 Å². The summed E-state index contributed by atoms with van der Waals surface area (Å²) in [4.78, 5) is 19.7. The summed E-state index contributed by atoms with van der Waals surface area (Å²) in [6.07, 6.45) is 4.60. The largest absolute Gasteiger partial charge is 0.502 e. The number of nitrogens with one attached hydrogen (secondary N) is 1. The van der Waals surface area contributed by atoms with E-state index in [2.05, 4.69) is 15.4 Å². The average molecular weight is 399 g/mol. The first-order chi connectivity index (χ1) is 14.0. The molecule has 2 aliphatic heterocycles. The van der Waals surface area contributed by atoms with Crippen molar-refractivity contribution in [2.45, 2.75) is 32.2 Å². The third-order valence-corrected chi connectivity index (χ3v) is 5.49. The monoisotopic (exact) mass is 399 g/mol. The van der Waals surface area contributed by atoms with Crippen LogP contribution >= 0.6 is 0 Å². The molecule has 1 unspecified atom stereocenters. The Bertz CT molecular complexity index is 937. The molecule has 1 aromatic carbocycles. The van der Waals surface area contributed by atoms with Crippen LogP contribution in [0.2, 0.25) is 0 Å². The molecule has 29 heavy (non-hydrogen) atoms. The molecule has 1 atom stereocenters. The summed E-state index contributed by atoms with van der Waals surface area (Å²) in [6, 6.07) is 2.89. The second kappa shape index (κ2) is 7.65. The maximum Gasteiger partial charge on any atom is 0.254 e. The Hall–Kier alpha value is -3.23. The van der Waals surface area contributed by atoms with Crippen LogP contribution < -0.4 is 14.8 Å². The number of hydrogen-bond donors (Lipinski definition) is 2. The number of phenolic OH excluding ortho intramolecular Hbond substituents is 1. The van der Waals surface area contributed by atoms with E-state index in [1.54, 1.807) is 16.8 Å². The molecule has 0 saturated carbocycles. The number of benzene rings is 1. The third kappa shape index (κ3) is 3.26. The number of allylic oxidation sites excluding steroid dienone is 1. The molecule has 0 bridgehead atoms. The van der Waals surface area contributed by atoms with Gasteiger partial charge in [0.2, 0.25) is 11.7 Å². The fourth-order valence-corrected chi connectivity index (χ4v) is 4.02. The van der Waals surface area contributed by atoms with Crippen molar-refractivity contribution in [2.75, 3.05) is 32.6 Å². The molecule has 4 rings (SSSR count). The minimum absolute atomic E-state index is 0.0214. The number of carbonyl (C=O) groups is 1. The normalized spacial score (nSPS) is 18.9. The highest BCUT2D eigenvalue weighted by Crippen LogP contribution is 2.43. The molecule has 2 N–H and O–H groups in total. The van der Waals surface area contributed by atoms with Crippen LogP contribution in [-0.4, -0.2) is 58.0 Å². The highest BCUT2D eigenvalue weighted by Gasteiger charge is 2.36. The number of aromatic nitrogens is 3. The fraction of sp³-hybridized carbons (Fsp3) is 0.450. The number of aromatic hydroxyl groups is 1. The summed E-state index contributed by atoms with van der Waals surface area (Å²) >= 11 is 0. The lowest BCUT2D eigenvalue weighted by atomic mass is 9.93. The molecule has 0 aliphatic carbocycles. The summed E-state index contributed by atoms with van der Waals surface area (Å²) < 4.78 is 12.3. The van der Waals surface area contributed by atoms with Gasteiger partial charge < -0.3 is 24.8 Å². The molecule has 0 spiro atoms. The maximum absolute atomic E-state index is 13.5. The van der Waals surface area contributed by atoms with Gasteiger partial charge in [0.15, 0.2) is 11.5 Å². The number of rotatable bonds is 4. The molecule has 1 amide bonds. The van der Waals surface area contributed by atoms with Crippen molar-refractivity contribution in [3.05, 3.63) is 35.3 Å². The smallest absolute Gasteiger partial charge is 0.254 e. The molecule has 1 saturated heterocycles. The predicted octanol–water partition coefficient (Wildman–Crippen LogP) is 2.30. The summed E-state index contributed by atoms with van der Waals surface area (Å²) in [5, 5.41) is 17.9. The lowest BCUT2D eigenvalue weighted by molar-refractivity contribution is -0.128. The van der Waals surface area contributed by atoms with Crippen molar-refractivity contribution in [2.24, 2.45) is 0 Å². The lowest BCUT2D eigenvalue weighted by Crippen LogP contribution is -2.41. The minimum Gasteiger partial charge on any atom is -0.502 e. The molecule has 0 radical (unpaired) electrons. The Morgan fingerprint density at radius 2 is 1.83 bits per heavy atom. The van der Waals surface area contributed by atoms with Crippen LogP contribution in [0.1, 0.15) is 37.8 Å². The molecule has 1 fully saturated rings. The quantitative estimate of drug-likeness (QED) is 0.813. The van der Waals surface area contributed by atoms with E-state index < -0.39 is 6.04 Å². The topological polar surface area (TPSA) is 102 Å². The summed E-state index contributed by atoms with van der Waals surface area (Å²) in [7, 11) is 2.95. The van der Waals surface area contributed by atoms with Gasteiger partial charge in [0, 0.05) is 18.8 Å². The van der Waals surface area contributed by atoms with Gasteiger partial charge in [-0.15, -0.1) is 0 Å². The van der Waals surface area contributed by atoms with E-state index >= 15 is 0 Å². The first kappa shape index (κ1) is 19.1. The predicted molar refractivity (Wildman–Crippen MR) is 106 cm³/mol. The van der Waals surface area contributed by atoms with Crippen LogP contribution in [0.4, 0.5) is 5.95 Å². The van der Waals surface area contributed by atoms with Gasteiger partial charge in [-0.3, -0.25) is 4.79 Å². The molecular formula is C20H25N5O4. The van der Waals surface area contributed by atoms with Crippen molar-refractivity contribution in [1.82, 2.24) is 19.7 Å². The van der Waals surface area contributed by atoms with Gasteiger partial charge >= 0.3 is 0 Å². The van der Waals surface area contributed by atoms with E-state index in [4.69, 9.17) is 9.47 Å². The molecular weight excluding hydrogens is 374 g/mol. The number of carbonyl (C=O) groups excluding carboxylic acids is 1. The number of likely N-dealkylation sites (tertiary alicyclic amines) is 1. The van der Waals surface area contributed by atoms with E-state index in [1.165, 1.54) is 20.5 Å². The zero-order chi connectivity index (χ0) is 20.5.